The van der Waals surface area contributed by atoms with E-state index in [0.29, 0.717) is 4.75 Å². The zero-order chi connectivity index (χ0) is 12.4. The molecular formula is C12H24N2OS. The second-order valence-corrected chi connectivity index (χ2v) is 7.33. The van der Waals surface area contributed by atoms with Crippen molar-refractivity contribution in [3.8, 4) is 0 Å². The number of nitrogens with one attached hydrogen (secondary N) is 1. The van der Waals surface area contributed by atoms with E-state index in [1.807, 2.05) is 37.6 Å². The van der Waals surface area contributed by atoms with Crippen LogP contribution in [0.4, 0.5) is 0 Å². The molecule has 0 unspecified atom stereocenters. The predicted octanol–water partition coefficient (Wildman–Crippen LogP) is 1.73. The molecule has 4 heteroatoms. The molecule has 1 aliphatic rings. The topological polar surface area (TPSA) is 32.3 Å². The van der Waals surface area contributed by atoms with Gasteiger partial charge < -0.3 is 10.2 Å². The van der Waals surface area contributed by atoms with Crippen LogP contribution in [-0.4, -0.2) is 47.0 Å². The molecule has 1 rings (SSSR count). The van der Waals surface area contributed by atoms with Gasteiger partial charge in [-0.25, -0.2) is 0 Å². The molecule has 0 bridgehead atoms. The van der Waals surface area contributed by atoms with Crippen LogP contribution < -0.4 is 5.32 Å². The summed E-state index contributed by atoms with van der Waals surface area (Å²) in [6.45, 7) is 10.2. The molecule has 1 heterocycles. The number of rotatable bonds is 2. The van der Waals surface area contributed by atoms with Gasteiger partial charge in [0, 0.05) is 23.6 Å². The molecule has 0 aliphatic carbocycles. The largest absolute Gasteiger partial charge is 0.340 e. The first kappa shape index (κ1) is 13.8. The average Bonchev–Trinajstić information content (AvgIpc) is 2.38. The highest BCUT2D eigenvalue weighted by molar-refractivity contribution is 8.00. The average molecular weight is 244 g/mol. The van der Waals surface area contributed by atoms with Crippen molar-refractivity contribution in [1.29, 1.82) is 0 Å². The van der Waals surface area contributed by atoms with Gasteiger partial charge in [0.05, 0.1) is 5.54 Å². The first-order chi connectivity index (χ1) is 7.28. The van der Waals surface area contributed by atoms with Crippen LogP contribution in [-0.2, 0) is 4.79 Å². The highest BCUT2D eigenvalue weighted by atomic mass is 32.2. The van der Waals surface area contributed by atoms with Gasteiger partial charge >= 0.3 is 0 Å². The zero-order valence-corrected chi connectivity index (χ0v) is 11.9. The number of nitrogens with zero attached hydrogens (tertiary/aromatic N) is 1. The lowest BCUT2D eigenvalue weighted by Gasteiger charge is -2.31. The summed E-state index contributed by atoms with van der Waals surface area (Å²) in [6.07, 6.45) is 1.07. The molecule has 94 valence electrons. The maximum Gasteiger partial charge on any atom is 0.242 e. The zero-order valence-electron chi connectivity index (χ0n) is 11.1. The summed E-state index contributed by atoms with van der Waals surface area (Å²) < 4.78 is 0.304. The van der Waals surface area contributed by atoms with E-state index >= 15 is 0 Å². The van der Waals surface area contributed by atoms with Crippen LogP contribution in [0.3, 0.4) is 0 Å². The maximum atomic E-state index is 12.3. The number of carbonyl (C=O) groups excluding carboxylic acids is 1. The van der Waals surface area contributed by atoms with Crippen LogP contribution in [0.2, 0.25) is 0 Å². The van der Waals surface area contributed by atoms with Crippen molar-refractivity contribution in [3.05, 3.63) is 0 Å². The minimum absolute atomic E-state index is 0.216. The lowest BCUT2D eigenvalue weighted by Crippen LogP contribution is -2.53. The van der Waals surface area contributed by atoms with Crippen molar-refractivity contribution in [2.45, 2.75) is 44.4 Å². The Kier molecular flexibility index (Phi) is 4.29. The fraction of sp³-hybridized carbons (Fsp3) is 0.917. The molecule has 0 spiro atoms. The molecule has 0 aromatic heterocycles. The summed E-state index contributed by atoms with van der Waals surface area (Å²) in [7, 11) is 1.84. The minimum atomic E-state index is -0.445. The number of amides is 1. The third-order valence-electron chi connectivity index (χ3n) is 3.28. The molecule has 3 nitrogen and oxygen atoms in total. The monoisotopic (exact) mass is 244 g/mol. The molecule has 0 aromatic rings. The highest BCUT2D eigenvalue weighted by Crippen LogP contribution is 2.31. The van der Waals surface area contributed by atoms with Gasteiger partial charge in [0.25, 0.3) is 0 Å². The van der Waals surface area contributed by atoms with E-state index in [2.05, 4.69) is 19.2 Å². The third kappa shape index (κ3) is 3.39. The fourth-order valence-corrected chi connectivity index (χ4v) is 2.83. The lowest BCUT2D eigenvalue weighted by molar-refractivity contribution is -0.136. The number of thioether (sulfide) groups is 1. The molecular weight excluding hydrogens is 220 g/mol. The second kappa shape index (κ2) is 4.96. The van der Waals surface area contributed by atoms with Crippen molar-refractivity contribution in [1.82, 2.24) is 10.2 Å². The summed E-state index contributed by atoms with van der Waals surface area (Å²) in [5, 5.41) is 3.08. The molecule has 0 atom stereocenters. The van der Waals surface area contributed by atoms with Crippen LogP contribution >= 0.6 is 11.8 Å². The smallest absolute Gasteiger partial charge is 0.242 e. The Labute approximate surface area is 103 Å². The van der Waals surface area contributed by atoms with Crippen molar-refractivity contribution >= 4 is 17.7 Å². The predicted molar refractivity (Wildman–Crippen MR) is 70.9 cm³/mol. The Bertz CT molecular complexity index is 264. The number of hydrogen-bond acceptors (Lipinski definition) is 3. The molecule has 16 heavy (non-hydrogen) atoms. The molecule has 1 aliphatic heterocycles. The van der Waals surface area contributed by atoms with E-state index in [0.717, 1.165) is 25.3 Å². The van der Waals surface area contributed by atoms with Gasteiger partial charge in [-0.3, -0.25) is 4.79 Å². The molecule has 1 saturated heterocycles. The SMILES string of the molecule is CNC(C)(C)C(=O)N1CCSC(C)(C)CC1. The van der Waals surface area contributed by atoms with Crippen molar-refractivity contribution < 1.29 is 4.79 Å². The molecule has 1 fully saturated rings. The number of likely N-dealkylation sites (N-methyl/N-ethyl adjacent to an activating group) is 1. The number of hydrogen-bond donors (Lipinski definition) is 1. The maximum absolute atomic E-state index is 12.3. The molecule has 0 saturated carbocycles. The summed E-state index contributed by atoms with van der Waals surface area (Å²) >= 11 is 1.97. The van der Waals surface area contributed by atoms with Crippen molar-refractivity contribution in [2.24, 2.45) is 0 Å². The van der Waals surface area contributed by atoms with Crippen molar-refractivity contribution in [2.75, 3.05) is 25.9 Å². The quantitative estimate of drug-likeness (QED) is 0.803. The fourth-order valence-electron chi connectivity index (χ4n) is 1.73. The van der Waals surface area contributed by atoms with Crippen molar-refractivity contribution in [3.63, 3.8) is 0 Å². The van der Waals surface area contributed by atoms with Gasteiger partial charge in [0.1, 0.15) is 0 Å². The molecule has 0 aromatic carbocycles. The van der Waals surface area contributed by atoms with Crippen LogP contribution in [0.15, 0.2) is 0 Å². The van der Waals surface area contributed by atoms with Gasteiger partial charge in [-0.15, -0.1) is 0 Å². The Morgan fingerprint density at radius 3 is 2.56 bits per heavy atom. The first-order valence-corrected chi connectivity index (χ1v) is 6.89. The first-order valence-electron chi connectivity index (χ1n) is 5.91. The molecule has 1 amide bonds. The van der Waals surface area contributed by atoms with Gasteiger partial charge in [0.2, 0.25) is 5.91 Å². The molecule has 1 N–H and O–H groups in total. The molecule has 0 radical (unpaired) electrons. The van der Waals surface area contributed by atoms with Gasteiger partial charge in [-0.05, 0) is 27.3 Å². The van der Waals surface area contributed by atoms with E-state index in [4.69, 9.17) is 0 Å². The van der Waals surface area contributed by atoms with Gasteiger partial charge in [-0.2, -0.15) is 11.8 Å². The summed E-state index contributed by atoms with van der Waals surface area (Å²) in [6, 6.07) is 0. The Balaban J connectivity index is 2.65. The summed E-state index contributed by atoms with van der Waals surface area (Å²) in [5.74, 6) is 1.26. The Morgan fingerprint density at radius 1 is 1.38 bits per heavy atom. The van der Waals surface area contributed by atoms with Crippen LogP contribution in [0, 0.1) is 0 Å². The van der Waals surface area contributed by atoms with Crippen LogP contribution in [0.5, 0.6) is 0 Å². The second-order valence-electron chi connectivity index (χ2n) is 5.53. The van der Waals surface area contributed by atoms with E-state index < -0.39 is 5.54 Å². The standard InChI is InChI=1S/C12H24N2OS/c1-11(2)6-7-14(8-9-16-11)10(15)12(3,4)13-5/h13H,6-9H2,1-5H3. The Morgan fingerprint density at radius 2 is 2.00 bits per heavy atom. The van der Waals surface area contributed by atoms with Gasteiger partial charge in [-0.1, -0.05) is 13.8 Å². The van der Waals surface area contributed by atoms with E-state index in [-0.39, 0.29) is 5.91 Å². The lowest BCUT2D eigenvalue weighted by atomic mass is 10.0. The Hall–Kier alpha value is -0.220. The van der Waals surface area contributed by atoms with E-state index in [1.165, 1.54) is 0 Å². The normalized spacial score (nSPS) is 21.7. The van der Waals surface area contributed by atoms with E-state index in [9.17, 15) is 4.79 Å². The summed E-state index contributed by atoms with van der Waals surface area (Å²) in [5.41, 5.74) is -0.445. The van der Waals surface area contributed by atoms with Crippen LogP contribution in [0.25, 0.3) is 0 Å². The summed E-state index contributed by atoms with van der Waals surface area (Å²) in [4.78, 5) is 14.3. The van der Waals surface area contributed by atoms with Crippen LogP contribution in [0.1, 0.15) is 34.1 Å². The number of carbonyl (C=O) groups is 1. The van der Waals surface area contributed by atoms with Gasteiger partial charge in [0.15, 0.2) is 0 Å². The third-order valence-corrected chi connectivity index (χ3v) is 4.66. The minimum Gasteiger partial charge on any atom is -0.340 e. The highest BCUT2D eigenvalue weighted by Gasteiger charge is 2.33. The van der Waals surface area contributed by atoms with E-state index in [1.54, 1.807) is 0 Å².